The summed E-state index contributed by atoms with van der Waals surface area (Å²) < 4.78 is 0. The van der Waals surface area contributed by atoms with Gasteiger partial charge >= 0.3 is 0 Å². The van der Waals surface area contributed by atoms with Gasteiger partial charge in [-0.25, -0.2) is 4.98 Å². The quantitative estimate of drug-likeness (QED) is 0.644. The smallest absolute Gasteiger partial charge is 0.138 e. The van der Waals surface area contributed by atoms with Gasteiger partial charge in [0.05, 0.1) is 17.9 Å². The van der Waals surface area contributed by atoms with Crippen LogP contribution >= 0.6 is 0 Å². The van der Waals surface area contributed by atoms with Crippen LogP contribution in [-0.4, -0.2) is 25.3 Å². The number of rotatable bonds is 1. The number of nitrogens with zero attached hydrogens (tertiary/aromatic N) is 3. The average Bonchev–Trinajstić information content (AvgIpc) is 2.73. The molecule has 0 aliphatic heterocycles. The first-order valence-corrected chi connectivity index (χ1v) is 4.79. The number of phenolic OH excluding ortho intramolecular Hbond substituents is 1. The van der Waals surface area contributed by atoms with E-state index in [0.29, 0.717) is 0 Å². The normalized spacial score (nSPS) is 10.8. The third-order valence-corrected chi connectivity index (χ3v) is 2.34. The SMILES string of the molecule is Oc1ccc(-c2nc3cnncc3[nH]2)cc1. The molecule has 0 aliphatic carbocycles. The minimum Gasteiger partial charge on any atom is -0.508 e. The van der Waals surface area contributed by atoms with Crippen molar-refractivity contribution in [3.05, 3.63) is 36.7 Å². The molecule has 16 heavy (non-hydrogen) atoms. The number of phenols is 1. The van der Waals surface area contributed by atoms with Crippen LogP contribution < -0.4 is 0 Å². The average molecular weight is 212 g/mol. The lowest BCUT2D eigenvalue weighted by molar-refractivity contribution is 0.475. The van der Waals surface area contributed by atoms with Crippen LogP contribution in [0.15, 0.2) is 36.7 Å². The molecule has 0 fully saturated rings. The first-order chi connectivity index (χ1) is 7.83. The molecular weight excluding hydrogens is 204 g/mol. The van der Waals surface area contributed by atoms with Gasteiger partial charge in [0.15, 0.2) is 0 Å². The maximum absolute atomic E-state index is 9.19. The van der Waals surface area contributed by atoms with Gasteiger partial charge in [0.2, 0.25) is 0 Å². The Morgan fingerprint density at radius 1 is 1.00 bits per heavy atom. The second-order valence-corrected chi connectivity index (χ2v) is 3.42. The van der Waals surface area contributed by atoms with E-state index in [1.54, 1.807) is 36.7 Å². The highest BCUT2D eigenvalue weighted by molar-refractivity contribution is 5.77. The fraction of sp³-hybridized carbons (Fsp3) is 0. The monoisotopic (exact) mass is 212 g/mol. The Morgan fingerprint density at radius 2 is 1.75 bits per heavy atom. The number of fused-ring (bicyclic) bond motifs is 1. The third kappa shape index (κ3) is 1.38. The molecule has 0 saturated carbocycles. The van der Waals surface area contributed by atoms with Gasteiger partial charge in [0.25, 0.3) is 0 Å². The molecule has 0 amide bonds. The van der Waals surface area contributed by atoms with Crippen LogP contribution in [0.1, 0.15) is 0 Å². The third-order valence-electron chi connectivity index (χ3n) is 2.34. The van der Waals surface area contributed by atoms with Crippen LogP contribution in [-0.2, 0) is 0 Å². The van der Waals surface area contributed by atoms with Crippen LogP contribution in [0.2, 0.25) is 0 Å². The number of imidazole rings is 1. The summed E-state index contributed by atoms with van der Waals surface area (Å²) in [7, 11) is 0. The van der Waals surface area contributed by atoms with E-state index in [2.05, 4.69) is 20.2 Å². The van der Waals surface area contributed by atoms with E-state index in [9.17, 15) is 5.11 Å². The Morgan fingerprint density at radius 3 is 2.50 bits per heavy atom. The second-order valence-electron chi connectivity index (χ2n) is 3.42. The minimum atomic E-state index is 0.239. The molecule has 0 spiro atoms. The molecule has 2 aromatic heterocycles. The van der Waals surface area contributed by atoms with Gasteiger partial charge in [-0.3, -0.25) is 0 Å². The zero-order valence-corrected chi connectivity index (χ0v) is 8.25. The van der Waals surface area contributed by atoms with Crippen molar-refractivity contribution < 1.29 is 5.11 Å². The molecule has 0 bridgehead atoms. The Balaban J connectivity index is 2.15. The molecule has 2 N–H and O–H groups in total. The molecule has 0 saturated heterocycles. The van der Waals surface area contributed by atoms with E-state index >= 15 is 0 Å². The Bertz CT molecular complexity index is 597. The Kier molecular flexibility index (Phi) is 1.83. The minimum absolute atomic E-state index is 0.239. The van der Waals surface area contributed by atoms with E-state index in [1.807, 2.05) is 0 Å². The van der Waals surface area contributed by atoms with E-state index in [-0.39, 0.29) is 5.75 Å². The molecule has 0 atom stereocenters. The number of aromatic amines is 1. The maximum atomic E-state index is 9.19. The van der Waals surface area contributed by atoms with Crippen LogP contribution in [0.4, 0.5) is 0 Å². The Labute approximate surface area is 90.8 Å². The molecule has 3 rings (SSSR count). The number of hydrogen-bond acceptors (Lipinski definition) is 4. The van der Waals surface area contributed by atoms with Crippen molar-refractivity contribution in [3.8, 4) is 17.1 Å². The number of hydrogen-bond donors (Lipinski definition) is 2. The first kappa shape index (κ1) is 8.84. The maximum Gasteiger partial charge on any atom is 0.138 e. The predicted octanol–water partition coefficient (Wildman–Crippen LogP) is 1.73. The van der Waals surface area contributed by atoms with Crippen molar-refractivity contribution in [2.45, 2.75) is 0 Å². The fourth-order valence-electron chi connectivity index (χ4n) is 1.53. The zero-order chi connectivity index (χ0) is 11.0. The lowest BCUT2D eigenvalue weighted by Gasteiger charge is -1.95. The van der Waals surface area contributed by atoms with E-state index < -0.39 is 0 Å². The number of nitrogens with one attached hydrogen (secondary N) is 1. The van der Waals surface area contributed by atoms with E-state index in [4.69, 9.17) is 0 Å². The van der Waals surface area contributed by atoms with Crippen molar-refractivity contribution in [2.24, 2.45) is 0 Å². The highest BCUT2D eigenvalue weighted by Gasteiger charge is 2.04. The summed E-state index contributed by atoms with van der Waals surface area (Å²) >= 11 is 0. The first-order valence-electron chi connectivity index (χ1n) is 4.79. The number of H-pyrrole nitrogens is 1. The van der Waals surface area contributed by atoms with Crippen molar-refractivity contribution >= 4 is 11.0 Å². The highest BCUT2D eigenvalue weighted by atomic mass is 16.3. The molecule has 3 aromatic rings. The van der Waals surface area contributed by atoms with E-state index in [0.717, 1.165) is 22.4 Å². The second kappa shape index (κ2) is 3.30. The van der Waals surface area contributed by atoms with Crippen LogP contribution in [0.5, 0.6) is 5.75 Å². The molecule has 2 heterocycles. The van der Waals surface area contributed by atoms with E-state index in [1.165, 1.54) is 0 Å². The van der Waals surface area contributed by atoms with Gasteiger partial charge < -0.3 is 10.1 Å². The Hall–Kier alpha value is -2.43. The van der Waals surface area contributed by atoms with Gasteiger partial charge in [-0.15, -0.1) is 0 Å². The number of aromatic nitrogens is 4. The van der Waals surface area contributed by atoms with Gasteiger partial charge in [-0.2, -0.15) is 10.2 Å². The van der Waals surface area contributed by atoms with Gasteiger partial charge in [-0.1, -0.05) is 0 Å². The summed E-state index contributed by atoms with van der Waals surface area (Å²) in [6, 6.07) is 6.85. The highest BCUT2D eigenvalue weighted by Crippen LogP contribution is 2.21. The molecule has 78 valence electrons. The molecule has 1 aromatic carbocycles. The van der Waals surface area contributed by atoms with Crippen molar-refractivity contribution in [2.75, 3.05) is 0 Å². The van der Waals surface area contributed by atoms with Crippen LogP contribution in [0, 0.1) is 0 Å². The summed E-state index contributed by atoms with van der Waals surface area (Å²) in [5, 5.41) is 16.7. The molecule has 0 unspecified atom stereocenters. The lowest BCUT2D eigenvalue weighted by atomic mass is 10.2. The molecule has 0 aliphatic rings. The van der Waals surface area contributed by atoms with Crippen molar-refractivity contribution in [3.63, 3.8) is 0 Å². The number of aromatic hydroxyl groups is 1. The summed E-state index contributed by atoms with van der Waals surface area (Å²) in [5.74, 6) is 0.980. The predicted molar refractivity (Wildman–Crippen MR) is 58.8 cm³/mol. The topological polar surface area (TPSA) is 74.7 Å². The molecular formula is C11H8N4O. The summed E-state index contributed by atoms with van der Waals surface area (Å²) in [6.45, 7) is 0. The van der Waals surface area contributed by atoms with Crippen LogP contribution in [0.25, 0.3) is 22.4 Å². The summed E-state index contributed by atoms with van der Waals surface area (Å²) in [4.78, 5) is 7.51. The van der Waals surface area contributed by atoms with Crippen LogP contribution in [0.3, 0.4) is 0 Å². The summed E-state index contributed by atoms with van der Waals surface area (Å²) in [5.41, 5.74) is 2.53. The largest absolute Gasteiger partial charge is 0.508 e. The standard InChI is InChI=1S/C11H8N4O/c16-8-3-1-7(2-4-8)11-14-9-5-12-13-6-10(9)15-11/h1-6,16H,(H,14,15). The zero-order valence-electron chi connectivity index (χ0n) is 8.25. The molecule has 0 radical (unpaired) electrons. The molecule has 5 heteroatoms. The van der Waals surface area contributed by atoms with Gasteiger partial charge in [0, 0.05) is 5.56 Å². The lowest BCUT2D eigenvalue weighted by Crippen LogP contribution is -1.78. The van der Waals surface area contributed by atoms with Gasteiger partial charge in [0.1, 0.15) is 17.1 Å². The van der Waals surface area contributed by atoms with Gasteiger partial charge in [-0.05, 0) is 24.3 Å². The molecule has 5 nitrogen and oxygen atoms in total. The number of benzene rings is 1. The van der Waals surface area contributed by atoms with Crippen molar-refractivity contribution in [1.82, 2.24) is 20.2 Å². The fourth-order valence-corrected chi connectivity index (χ4v) is 1.53. The van der Waals surface area contributed by atoms with Crippen molar-refractivity contribution in [1.29, 1.82) is 0 Å². The summed E-state index contributed by atoms with van der Waals surface area (Å²) in [6.07, 6.45) is 3.24.